The summed E-state index contributed by atoms with van der Waals surface area (Å²) in [5, 5.41) is 29.3. The first kappa shape index (κ1) is 17.8. The van der Waals surface area contributed by atoms with Gasteiger partial charge in [0.1, 0.15) is 12.2 Å². The van der Waals surface area contributed by atoms with Crippen molar-refractivity contribution in [2.75, 3.05) is 6.61 Å². The van der Waals surface area contributed by atoms with Gasteiger partial charge in [-0.15, -0.1) is 0 Å². The van der Waals surface area contributed by atoms with Gasteiger partial charge in [0.25, 0.3) is 0 Å². The molecule has 1 fully saturated rings. The first-order valence-electron chi connectivity index (χ1n) is 6.45. The second-order valence-electron chi connectivity index (χ2n) is 6.56. The molecule has 1 aliphatic heterocycles. The molecule has 0 bridgehead atoms. The number of hydrogen-bond acceptors (Lipinski definition) is 5. The number of aliphatic hydroxyl groups is 3. The van der Waals surface area contributed by atoms with E-state index in [9.17, 15) is 15.3 Å². The van der Waals surface area contributed by atoms with E-state index in [0.717, 1.165) is 0 Å². The Balaban J connectivity index is 2.63. The smallest absolute Gasteiger partial charge is 0.192 e. The Kier molecular flexibility index (Phi) is 5.85. The van der Waals surface area contributed by atoms with E-state index in [4.69, 9.17) is 9.16 Å². The summed E-state index contributed by atoms with van der Waals surface area (Å²) in [5.74, 6) is 0. The van der Waals surface area contributed by atoms with Gasteiger partial charge in [-0.05, 0) is 18.1 Å². The standard InChI is InChI=1S/C12H25IO5Si/c1-12(2,3)19(4,5)17-6-7-9(14)8(13)10(15)11(16)18-7/h7-11,14-16H,6H2,1-5H3/t7-,8-,9-,10-,11+/m1/s1. The molecule has 0 aromatic rings. The zero-order valence-electron chi connectivity index (χ0n) is 12.1. The van der Waals surface area contributed by atoms with Crippen LogP contribution in [0.2, 0.25) is 18.1 Å². The van der Waals surface area contributed by atoms with Crippen LogP contribution in [0.25, 0.3) is 0 Å². The molecule has 1 rings (SSSR count). The van der Waals surface area contributed by atoms with Crippen LogP contribution in [0, 0.1) is 0 Å². The minimum Gasteiger partial charge on any atom is -0.414 e. The fourth-order valence-corrected chi connectivity index (χ4v) is 3.38. The van der Waals surface area contributed by atoms with Crippen LogP contribution in [0.1, 0.15) is 20.8 Å². The van der Waals surface area contributed by atoms with Gasteiger partial charge >= 0.3 is 0 Å². The van der Waals surface area contributed by atoms with Crippen molar-refractivity contribution in [1.82, 2.24) is 0 Å². The van der Waals surface area contributed by atoms with E-state index in [1.165, 1.54) is 0 Å². The van der Waals surface area contributed by atoms with Gasteiger partial charge in [-0.2, -0.15) is 0 Å². The van der Waals surface area contributed by atoms with Crippen LogP contribution in [0.15, 0.2) is 0 Å². The molecule has 114 valence electrons. The highest BCUT2D eigenvalue weighted by atomic mass is 127. The van der Waals surface area contributed by atoms with Crippen LogP contribution in [-0.2, 0) is 9.16 Å². The van der Waals surface area contributed by atoms with Gasteiger partial charge < -0.3 is 24.5 Å². The predicted molar refractivity (Wildman–Crippen MR) is 83.9 cm³/mol. The molecule has 5 atom stereocenters. The minimum atomic E-state index is -1.92. The molecule has 0 amide bonds. The second-order valence-corrected chi connectivity index (χ2v) is 12.8. The summed E-state index contributed by atoms with van der Waals surface area (Å²) in [6, 6.07) is 0. The molecule has 0 aromatic carbocycles. The predicted octanol–water partition coefficient (Wildman–Crippen LogP) is 1.25. The van der Waals surface area contributed by atoms with E-state index in [-0.39, 0.29) is 11.6 Å². The van der Waals surface area contributed by atoms with Gasteiger partial charge in [-0.3, -0.25) is 0 Å². The first-order chi connectivity index (χ1) is 8.47. The molecule has 0 unspecified atom stereocenters. The molecule has 7 heteroatoms. The molecular formula is C12H25IO5Si. The van der Waals surface area contributed by atoms with Gasteiger partial charge in [-0.1, -0.05) is 43.4 Å². The first-order valence-corrected chi connectivity index (χ1v) is 10.6. The maximum atomic E-state index is 10.1. The van der Waals surface area contributed by atoms with Gasteiger partial charge in [0.15, 0.2) is 14.6 Å². The number of hydrogen-bond donors (Lipinski definition) is 3. The molecule has 0 radical (unpaired) electrons. The monoisotopic (exact) mass is 404 g/mol. The van der Waals surface area contributed by atoms with Crippen molar-refractivity contribution in [2.24, 2.45) is 0 Å². The Labute approximate surface area is 129 Å². The Morgan fingerprint density at radius 2 is 1.68 bits per heavy atom. The van der Waals surface area contributed by atoms with Crippen LogP contribution >= 0.6 is 22.6 Å². The van der Waals surface area contributed by atoms with Crippen molar-refractivity contribution in [1.29, 1.82) is 0 Å². The summed E-state index contributed by atoms with van der Waals surface area (Å²) < 4.78 is 10.8. The maximum absolute atomic E-state index is 10.1. The van der Waals surface area contributed by atoms with E-state index >= 15 is 0 Å². The number of aliphatic hydroxyl groups excluding tert-OH is 3. The van der Waals surface area contributed by atoms with E-state index < -0.39 is 36.8 Å². The quantitative estimate of drug-likeness (QED) is 0.375. The van der Waals surface area contributed by atoms with Crippen LogP contribution in [0.5, 0.6) is 0 Å². The summed E-state index contributed by atoms with van der Waals surface area (Å²) in [5.41, 5.74) is 0. The summed E-state index contributed by atoms with van der Waals surface area (Å²) in [6.07, 6.45) is -3.78. The molecule has 0 saturated carbocycles. The number of ether oxygens (including phenoxy) is 1. The molecule has 3 N–H and O–H groups in total. The molecule has 1 aliphatic rings. The van der Waals surface area contributed by atoms with Crippen molar-refractivity contribution in [3.05, 3.63) is 0 Å². The van der Waals surface area contributed by atoms with E-state index in [2.05, 4.69) is 33.9 Å². The highest BCUT2D eigenvalue weighted by Gasteiger charge is 2.44. The van der Waals surface area contributed by atoms with Gasteiger partial charge in [0, 0.05) is 0 Å². The highest BCUT2D eigenvalue weighted by molar-refractivity contribution is 14.1. The summed E-state index contributed by atoms with van der Waals surface area (Å²) in [4.78, 5) is 0. The minimum absolute atomic E-state index is 0.0779. The van der Waals surface area contributed by atoms with E-state index in [1.54, 1.807) is 0 Å². The van der Waals surface area contributed by atoms with Crippen molar-refractivity contribution in [3.63, 3.8) is 0 Å². The van der Waals surface area contributed by atoms with Crippen molar-refractivity contribution >= 4 is 30.9 Å². The Hall–Kier alpha value is 0.747. The van der Waals surface area contributed by atoms with Crippen LogP contribution in [0.4, 0.5) is 0 Å². The molecule has 1 heterocycles. The third-order valence-corrected chi connectivity index (χ3v) is 10.0. The zero-order valence-corrected chi connectivity index (χ0v) is 15.3. The summed E-state index contributed by atoms with van der Waals surface area (Å²) >= 11 is 1.93. The number of alkyl halides is 1. The molecule has 5 nitrogen and oxygen atoms in total. The Morgan fingerprint density at radius 3 is 2.16 bits per heavy atom. The maximum Gasteiger partial charge on any atom is 0.192 e. The average molecular weight is 404 g/mol. The van der Waals surface area contributed by atoms with Gasteiger partial charge in [0.05, 0.1) is 16.6 Å². The molecule has 19 heavy (non-hydrogen) atoms. The van der Waals surface area contributed by atoms with E-state index in [0.29, 0.717) is 0 Å². The van der Waals surface area contributed by atoms with Crippen molar-refractivity contribution in [2.45, 2.75) is 67.4 Å². The van der Waals surface area contributed by atoms with Crippen molar-refractivity contribution < 1.29 is 24.5 Å². The number of rotatable bonds is 3. The lowest BCUT2D eigenvalue weighted by Crippen LogP contribution is -2.57. The fraction of sp³-hybridized carbons (Fsp3) is 1.00. The summed E-state index contributed by atoms with van der Waals surface area (Å²) in [7, 11) is -1.92. The lowest BCUT2D eigenvalue weighted by molar-refractivity contribution is -0.245. The number of halogens is 1. The largest absolute Gasteiger partial charge is 0.414 e. The highest BCUT2D eigenvalue weighted by Crippen LogP contribution is 2.37. The molecule has 0 aliphatic carbocycles. The summed E-state index contributed by atoms with van der Waals surface area (Å²) in [6.45, 7) is 10.9. The SMILES string of the molecule is CC(C)(C)[Si](C)(C)OC[C@H]1O[C@H](O)[C@H](O)[C@H](I)[C@@H]1O. The fourth-order valence-electron chi connectivity index (χ4n) is 1.55. The van der Waals surface area contributed by atoms with Crippen LogP contribution < -0.4 is 0 Å². The average Bonchev–Trinajstić information content (AvgIpc) is 2.28. The van der Waals surface area contributed by atoms with Gasteiger partial charge in [0.2, 0.25) is 0 Å². The lowest BCUT2D eigenvalue weighted by atomic mass is 10.0. The molecule has 0 spiro atoms. The van der Waals surface area contributed by atoms with Crippen LogP contribution in [0.3, 0.4) is 0 Å². The van der Waals surface area contributed by atoms with E-state index in [1.807, 2.05) is 22.6 Å². The van der Waals surface area contributed by atoms with Crippen LogP contribution in [-0.4, -0.2) is 58.8 Å². The normalized spacial score (nSPS) is 37.4. The third kappa shape index (κ3) is 4.11. The van der Waals surface area contributed by atoms with Gasteiger partial charge in [-0.25, -0.2) is 0 Å². The zero-order chi connectivity index (χ0) is 15.0. The molecular weight excluding hydrogens is 379 g/mol. The topological polar surface area (TPSA) is 79.2 Å². The Bertz CT molecular complexity index is 307. The lowest BCUT2D eigenvalue weighted by Gasteiger charge is -2.41. The van der Waals surface area contributed by atoms with Crippen molar-refractivity contribution in [3.8, 4) is 0 Å². The molecule has 0 aromatic heterocycles. The third-order valence-electron chi connectivity index (χ3n) is 4.05. The molecule has 1 saturated heterocycles. The second kappa shape index (κ2) is 6.25. The Morgan fingerprint density at radius 1 is 1.16 bits per heavy atom.